The molecule has 1 fully saturated rings. The number of hydrogen-bond donors (Lipinski definition) is 0. The summed E-state index contributed by atoms with van der Waals surface area (Å²) in [6.45, 7) is 1.25. The van der Waals surface area contributed by atoms with E-state index in [4.69, 9.17) is 44.3 Å². The molecule has 0 N–H and O–H groups in total. The minimum Gasteiger partial charge on any atom is -0.342 e. The summed E-state index contributed by atoms with van der Waals surface area (Å²) in [7, 11) is 0. The van der Waals surface area contributed by atoms with Crippen molar-refractivity contribution in [3.63, 3.8) is 0 Å². The Labute approximate surface area is 130 Å². The average Bonchev–Trinajstić information content (AvgIpc) is 3.06. The van der Waals surface area contributed by atoms with Crippen molar-refractivity contribution in [3.8, 4) is 0 Å². The SMILES string of the molecule is Clc1cc(Cl)c(C2(Cn3cncn3)OCCO2)cc1Cl. The van der Waals surface area contributed by atoms with Gasteiger partial charge in [-0.15, -0.1) is 0 Å². The molecule has 5 nitrogen and oxygen atoms in total. The van der Waals surface area contributed by atoms with E-state index < -0.39 is 5.79 Å². The van der Waals surface area contributed by atoms with E-state index >= 15 is 0 Å². The third-order valence-electron chi connectivity index (χ3n) is 3.01. The van der Waals surface area contributed by atoms with E-state index in [2.05, 4.69) is 10.1 Å². The third kappa shape index (κ3) is 2.52. The molecule has 2 heterocycles. The molecule has 1 aliphatic heterocycles. The van der Waals surface area contributed by atoms with Crippen LogP contribution in [0, 0.1) is 0 Å². The first-order chi connectivity index (χ1) is 9.61. The summed E-state index contributed by atoms with van der Waals surface area (Å²) in [5.41, 5.74) is 0.626. The molecule has 1 saturated heterocycles. The zero-order valence-corrected chi connectivity index (χ0v) is 12.5. The molecular formula is C12H10Cl3N3O2. The minimum atomic E-state index is -1.03. The van der Waals surface area contributed by atoms with Crippen LogP contribution in [0.15, 0.2) is 24.8 Å². The van der Waals surface area contributed by atoms with Gasteiger partial charge in [-0.1, -0.05) is 34.8 Å². The maximum absolute atomic E-state index is 6.26. The lowest BCUT2D eigenvalue weighted by Crippen LogP contribution is -2.33. The highest BCUT2D eigenvalue weighted by molar-refractivity contribution is 6.43. The molecule has 1 aliphatic rings. The predicted molar refractivity (Wildman–Crippen MR) is 75.1 cm³/mol. The standard InChI is InChI=1S/C12H10Cl3N3O2/c13-9-4-11(15)10(14)3-8(9)12(19-1-2-20-12)5-18-7-16-6-17-18/h3-4,6-7H,1-2,5H2. The van der Waals surface area contributed by atoms with Crippen LogP contribution in [-0.4, -0.2) is 28.0 Å². The van der Waals surface area contributed by atoms with Crippen LogP contribution in [0.4, 0.5) is 0 Å². The molecule has 0 amide bonds. The fraction of sp³-hybridized carbons (Fsp3) is 0.333. The summed E-state index contributed by atoms with van der Waals surface area (Å²) in [6, 6.07) is 3.24. The van der Waals surface area contributed by atoms with Gasteiger partial charge >= 0.3 is 0 Å². The van der Waals surface area contributed by atoms with E-state index in [9.17, 15) is 0 Å². The topological polar surface area (TPSA) is 49.2 Å². The van der Waals surface area contributed by atoms with Gasteiger partial charge in [0.25, 0.3) is 0 Å². The average molecular weight is 335 g/mol. The highest BCUT2D eigenvalue weighted by Gasteiger charge is 2.41. The Hall–Kier alpha value is -0.850. The molecule has 0 unspecified atom stereocenters. The van der Waals surface area contributed by atoms with Crippen LogP contribution >= 0.6 is 34.8 Å². The van der Waals surface area contributed by atoms with E-state index in [-0.39, 0.29) is 0 Å². The van der Waals surface area contributed by atoms with Gasteiger partial charge < -0.3 is 9.47 Å². The van der Waals surface area contributed by atoms with Gasteiger partial charge in [-0.3, -0.25) is 0 Å². The van der Waals surface area contributed by atoms with Crippen molar-refractivity contribution in [1.29, 1.82) is 0 Å². The second kappa shape index (κ2) is 5.50. The van der Waals surface area contributed by atoms with Crippen molar-refractivity contribution in [1.82, 2.24) is 14.8 Å². The number of nitrogens with zero attached hydrogens (tertiary/aromatic N) is 3. The molecule has 3 rings (SSSR count). The summed E-state index contributed by atoms with van der Waals surface area (Å²) in [6.07, 6.45) is 3.03. The third-order valence-corrected chi connectivity index (χ3v) is 4.05. The number of hydrogen-bond acceptors (Lipinski definition) is 4. The van der Waals surface area contributed by atoms with Crippen LogP contribution in [0.3, 0.4) is 0 Å². The van der Waals surface area contributed by atoms with Crippen LogP contribution in [0.5, 0.6) is 0 Å². The van der Waals surface area contributed by atoms with E-state index in [1.165, 1.54) is 6.33 Å². The molecule has 0 aliphatic carbocycles. The summed E-state index contributed by atoms with van der Waals surface area (Å²) in [5, 5.41) is 5.27. The van der Waals surface area contributed by atoms with E-state index in [0.717, 1.165) is 0 Å². The Kier molecular flexibility index (Phi) is 3.88. The fourth-order valence-corrected chi connectivity index (χ4v) is 2.82. The van der Waals surface area contributed by atoms with Gasteiger partial charge in [0.15, 0.2) is 0 Å². The Balaban J connectivity index is 2.04. The molecule has 0 radical (unpaired) electrons. The summed E-state index contributed by atoms with van der Waals surface area (Å²) < 4.78 is 13.2. The quantitative estimate of drug-likeness (QED) is 0.809. The maximum Gasteiger partial charge on any atom is 0.216 e. The smallest absolute Gasteiger partial charge is 0.216 e. The molecule has 8 heteroatoms. The van der Waals surface area contributed by atoms with Gasteiger partial charge in [0.05, 0.1) is 28.3 Å². The van der Waals surface area contributed by atoms with Gasteiger partial charge in [-0.05, 0) is 12.1 Å². The molecular weight excluding hydrogens is 325 g/mol. The lowest BCUT2D eigenvalue weighted by atomic mass is 10.1. The largest absolute Gasteiger partial charge is 0.342 e. The molecule has 2 aromatic rings. The van der Waals surface area contributed by atoms with Crippen molar-refractivity contribution < 1.29 is 9.47 Å². The molecule has 106 valence electrons. The Morgan fingerprint density at radius 3 is 2.45 bits per heavy atom. The molecule has 1 aromatic carbocycles. The maximum atomic E-state index is 6.26. The molecule has 0 atom stereocenters. The lowest BCUT2D eigenvalue weighted by molar-refractivity contribution is -0.177. The number of rotatable bonds is 3. The second-order valence-electron chi connectivity index (χ2n) is 4.29. The van der Waals surface area contributed by atoms with Crippen molar-refractivity contribution in [2.24, 2.45) is 0 Å². The molecule has 0 spiro atoms. The predicted octanol–water partition coefficient (Wildman–Crippen LogP) is 3.14. The van der Waals surface area contributed by atoms with Crippen LogP contribution in [0.25, 0.3) is 0 Å². The number of benzene rings is 1. The van der Waals surface area contributed by atoms with Crippen molar-refractivity contribution >= 4 is 34.8 Å². The Morgan fingerprint density at radius 1 is 1.10 bits per heavy atom. The minimum absolute atomic E-state index is 0.324. The second-order valence-corrected chi connectivity index (χ2v) is 5.51. The first-order valence-corrected chi connectivity index (χ1v) is 6.99. The molecule has 0 saturated carbocycles. The number of ether oxygens (including phenoxy) is 2. The molecule has 20 heavy (non-hydrogen) atoms. The van der Waals surface area contributed by atoms with E-state index in [1.54, 1.807) is 23.1 Å². The zero-order valence-electron chi connectivity index (χ0n) is 10.2. The summed E-state index contributed by atoms with van der Waals surface area (Å²) in [5.74, 6) is -1.03. The van der Waals surface area contributed by atoms with Crippen molar-refractivity contribution in [2.45, 2.75) is 12.3 Å². The van der Waals surface area contributed by atoms with E-state index in [0.29, 0.717) is 40.4 Å². The first kappa shape index (κ1) is 14.1. The number of halogens is 3. The zero-order chi connectivity index (χ0) is 14.2. The van der Waals surface area contributed by atoms with Crippen molar-refractivity contribution in [3.05, 3.63) is 45.4 Å². The molecule has 1 aromatic heterocycles. The van der Waals surface area contributed by atoms with Crippen LogP contribution in [0.2, 0.25) is 15.1 Å². The first-order valence-electron chi connectivity index (χ1n) is 5.86. The summed E-state index contributed by atoms with van der Waals surface area (Å²) >= 11 is 18.3. The van der Waals surface area contributed by atoms with Gasteiger partial charge in [-0.2, -0.15) is 5.10 Å². The van der Waals surface area contributed by atoms with Crippen LogP contribution in [-0.2, 0) is 21.8 Å². The van der Waals surface area contributed by atoms with Crippen molar-refractivity contribution in [2.75, 3.05) is 13.2 Å². The number of aromatic nitrogens is 3. The fourth-order valence-electron chi connectivity index (χ4n) is 2.13. The van der Waals surface area contributed by atoms with Gasteiger partial charge in [0.2, 0.25) is 5.79 Å². The molecule has 0 bridgehead atoms. The van der Waals surface area contributed by atoms with Gasteiger partial charge in [0.1, 0.15) is 19.2 Å². The summed E-state index contributed by atoms with van der Waals surface area (Å²) in [4.78, 5) is 3.90. The highest BCUT2D eigenvalue weighted by atomic mass is 35.5. The van der Waals surface area contributed by atoms with Crippen LogP contribution < -0.4 is 0 Å². The van der Waals surface area contributed by atoms with Gasteiger partial charge in [0, 0.05) is 5.56 Å². The van der Waals surface area contributed by atoms with E-state index in [1.807, 2.05) is 0 Å². The van der Waals surface area contributed by atoms with Crippen LogP contribution in [0.1, 0.15) is 5.56 Å². The normalized spacial score (nSPS) is 17.6. The monoisotopic (exact) mass is 333 g/mol. The Morgan fingerprint density at radius 2 is 1.80 bits per heavy atom. The van der Waals surface area contributed by atoms with Gasteiger partial charge in [-0.25, -0.2) is 9.67 Å². The highest BCUT2D eigenvalue weighted by Crippen LogP contribution is 2.40. The lowest BCUT2D eigenvalue weighted by Gasteiger charge is -2.28. The Bertz CT molecular complexity index is 613.